The minimum absolute atomic E-state index is 0.0409. The number of hydrogen-bond acceptors (Lipinski definition) is 5. The average Bonchev–Trinajstić information content (AvgIpc) is 3.16. The topological polar surface area (TPSA) is 103 Å². The Kier molecular flexibility index (Phi) is 5.70. The van der Waals surface area contributed by atoms with E-state index in [2.05, 4.69) is 15.5 Å². The fourth-order valence-electron chi connectivity index (χ4n) is 3.12. The molecule has 3 aromatic carbocycles. The highest BCUT2D eigenvalue weighted by atomic mass is 35.5. The Balaban J connectivity index is 1.54. The second-order valence-corrected chi connectivity index (χ2v) is 7.68. The van der Waals surface area contributed by atoms with Crippen LogP contribution < -0.4 is 5.32 Å². The number of nitro groups is 1. The average molecular weight is 448 g/mol. The van der Waals surface area contributed by atoms with Crippen molar-refractivity contribution in [2.75, 3.05) is 5.32 Å². The van der Waals surface area contributed by atoms with E-state index >= 15 is 0 Å². The smallest absolute Gasteiger partial charge is 0.288 e. The van der Waals surface area contributed by atoms with Crippen molar-refractivity contribution in [3.63, 3.8) is 0 Å². The highest BCUT2D eigenvalue weighted by molar-refractivity contribution is 6.32. The van der Waals surface area contributed by atoms with E-state index in [1.807, 2.05) is 44.2 Å². The molecule has 0 saturated carbocycles. The fraction of sp³-hybridized carbons (Fsp3) is 0.0870. The Bertz CT molecular complexity index is 1380. The lowest BCUT2D eigenvalue weighted by molar-refractivity contribution is -0.384. The van der Waals surface area contributed by atoms with Gasteiger partial charge in [-0.15, -0.1) is 10.2 Å². The molecule has 32 heavy (non-hydrogen) atoms. The summed E-state index contributed by atoms with van der Waals surface area (Å²) >= 11 is 5.82. The van der Waals surface area contributed by atoms with E-state index in [-0.39, 0.29) is 16.6 Å². The lowest BCUT2D eigenvalue weighted by Crippen LogP contribution is -2.09. The fourth-order valence-corrected chi connectivity index (χ4v) is 3.30. The molecule has 4 aromatic rings. The number of carbonyl (C=O) groups excluding carboxylic acids is 1. The number of rotatable bonds is 5. The minimum Gasteiger partial charge on any atom is -0.322 e. The van der Waals surface area contributed by atoms with E-state index in [1.165, 1.54) is 24.3 Å². The molecule has 0 spiro atoms. The zero-order chi connectivity index (χ0) is 22.8. The molecule has 0 aliphatic heterocycles. The number of nitrogens with one attached hydrogen (secondary N) is 1. The van der Waals surface area contributed by atoms with Crippen LogP contribution in [0.25, 0.3) is 22.8 Å². The standard InChI is InChI=1S/C23H18ClN5O3/c1-14-3-7-17(8-4-14)28-26-20-11-15(2)19(13-21(20)27-28)25-23(30)10-6-16-5-9-18(24)22(12-16)29(31)32/h3-13H,1-2H3,(H,25,30). The van der Waals surface area contributed by atoms with E-state index in [4.69, 9.17) is 11.6 Å². The summed E-state index contributed by atoms with van der Waals surface area (Å²) in [7, 11) is 0. The zero-order valence-electron chi connectivity index (χ0n) is 17.2. The van der Waals surface area contributed by atoms with Crippen LogP contribution in [0.2, 0.25) is 5.02 Å². The zero-order valence-corrected chi connectivity index (χ0v) is 18.0. The van der Waals surface area contributed by atoms with Gasteiger partial charge in [-0.3, -0.25) is 14.9 Å². The number of halogens is 1. The van der Waals surface area contributed by atoms with E-state index in [1.54, 1.807) is 16.9 Å². The van der Waals surface area contributed by atoms with Gasteiger partial charge in [0.05, 0.1) is 10.6 Å². The molecule has 160 valence electrons. The van der Waals surface area contributed by atoms with Gasteiger partial charge in [-0.05, 0) is 61.4 Å². The molecule has 0 aliphatic carbocycles. The van der Waals surface area contributed by atoms with Gasteiger partial charge < -0.3 is 5.32 Å². The van der Waals surface area contributed by atoms with Crippen molar-refractivity contribution < 1.29 is 9.72 Å². The maximum Gasteiger partial charge on any atom is 0.288 e. The third-order valence-corrected chi connectivity index (χ3v) is 5.16. The Morgan fingerprint density at radius 1 is 1.06 bits per heavy atom. The van der Waals surface area contributed by atoms with E-state index < -0.39 is 4.92 Å². The van der Waals surface area contributed by atoms with Crippen LogP contribution in [0.5, 0.6) is 0 Å². The van der Waals surface area contributed by atoms with E-state index in [9.17, 15) is 14.9 Å². The number of hydrogen-bond donors (Lipinski definition) is 1. The van der Waals surface area contributed by atoms with Crippen molar-refractivity contribution in [2.45, 2.75) is 13.8 Å². The molecule has 1 amide bonds. The number of amides is 1. The molecular formula is C23H18ClN5O3. The predicted octanol–water partition coefficient (Wildman–Crippen LogP) is 5.25. The van der Waals surface area contributed by atoms with Gasteiger partial charge in [0.1, 0.15) is 16.1 Å². The molecular weight excluding hydrogens is 430 g/mol. The number of fused-ring (bicyclic) bond motifs is 1. The van der Waals surface area contributed by atoms with Crippen LogP contribution in [-0.2, 0) is 4.79 Å². The first kappa shape index (κ1) is 21.2. The van der Waals surface area contributed by atoms with Gasteiger partial charge in [0.2, 0.25) is 5.91 Å². The lowest BCUT2D eigenvalue weighted by Gasteiger charge is -2.05. The summed E-state index contributed by atoms with van der Waals surface area (Å²) in [6.07, 6.45) is 2.79. The van der Waals surface area contributed by atoms with E-state index in [0.717, 1.165) is 16.8 Å². The molecule has 4 rings (SSSR count). The van der Waals surface area contributed by atoms with Gasteiger partial charge in [-0.2, -0.15) is 4.80 Å². The van der Waals surface area contributed by atoms with Crippen molar-refractivity contribution in [3.8, 4) is 5.69 Å². The molecule has 8 nitrogen and oxygen atoms in total. The molecule has 0 aliphatic rings. The number of aryl methyl sites for hydroxylation is 2. The highest BCUT2D eigenvalue weighted by Gasteiger charge is 2.12. The summed E-state index contributed by atoms with van der Waals surface area (Å²) in [5.74, 6) is -0.379. The van der Waals surface area contributed by atoms with Crippen LogP contribution in [0.15, 0.2) is 60.7 Å². The Morgan fingerprint density at radius 3 is 2.44 bits per heavy atom. The van der Waals surface area contributed by atoms with Crippen molar-refractivity contribution in [1.29, 1.82) is 0 Å². The summed E-state index contributed by atoms with van der Waals surface area (Å²) in [6.45, 7) is 3.88. The van der Waals surface area contributed by atoms with Gasteiger partial charge in [0.25, 0.3) is 5.69 Å². The maximum atomic E-state index is 12.4. The maximum absolute atomic E-state index is 12.4. The molecule has 0 atom stereocenters. The molecule has 1 heterocycles. The molecule has 1 N–H and O–H groups in total. The van der Waals surface area contributed by atoms with Crippen molar-refractivity contribution in [3.05, 3.63) is 92.5 Å². The molecule has 0 bridgehead atoms. The number of nitro benzene ring substituents is 1. The van der Waals surface area contributed by atoms with Crippen molar-refractivity contribution in [1.82, 2.24) is 15.0 Å². The second-order valence-electron chi connectivity index (χ2n) is 7.27. The summed E-state index contributed by atoms with van der Waals surface area (Å²) in [4.78, 5) is 24.4. The first-order chi connectivity index (χ1) is 15.3. The first-order valence-corrected chi connectivity index (χ1v) is 10.1. The third-order valence-electron chi connectivity index (χ3n) is 4.84. The van der Waals surface area contributed by atoms with Crippen LogP contribution in [0.3, 0.4) is 0 Å². The number of anilines is 1. The van der Waals surface area contributed by atoms with Gasteiger partial charge in [0.15, 0.2) is 0 Å². The summed E-state index contributed by atoms with van der Waals surface area (Å²) in [5.41, 5.74) is 5.05. The predicted molar refractivity (Wildman–Crippen MR) is 124 cm³/mol. The van der Waals surface area contributed by atoms with Crippen molar-refractivity contribution >= 4 is 46.0 Å². The first-order valence-electron chi connectivity index (χ1n) is 9.68. The van der Waals surface area contributed by atoms with E-state index in [0.29, 0.717) is 22.3 Å². The second kappa shape index (κ2) is 8.60. The molecule has 1 aromatic heterocycles. The van der Waals surface area contributed by atoms with Crippen LogP contribution in [0.1, 0.15) is 16.7 Å². The SMILES string of the molecule is Cc1ccc(-n2nc3cc(C)c(NC(=O)C=Cc4ccc(Cl)c([N+](=O)[O-])c4)cc3n2)cc1. The van der Waals surface area contributed by atoms with Crippen LogP contribution in [0, 0.1) is 24.0 Å². The Morgan fingerprint density at radius 2 is 1.75 bits per heavy atom. The largest absolute Gasteiger partial charge is 0.322 e. The molecule has 9 heteroatoms. The summed E-state index contributed by atoms with van der Waals surface area (Å²) in [6, 6.07) is 15.8. The minimum atomic E-state index is -0.567. The number of benzene rings is 3. The van der Waals surface area contributed by atoms with Gasteiger partial charge >= 0.3 is 0 Å². The lowest BCUT2D eigenvalue weighted by atomic mass is 10.1. The highest BCUT2D eigenvalue weighted by Crippen LogP contribution is 2.26. The Labute approximate surface area is 188 Å². The molecule has 0 saturated heterocycles. The van der Waals surface area contributed by atoms with Crippen molar-refractivity contribution in [2.24, 2.45) is 0 Å². The molecule has 0 unspecified atom stereocenters. The van der Waals surface area contributed by atoms with Gasteiger partial charge in [0, 0.05) is 17.8 Å². The number of carbonyl (C=O) groups is 1. The number of nitrogens with zero attached hydrogens (tertiary/aromatic N) is 4. The third kappa shape index (κ3) is 4.50. The number of aromatic nitrogens is 3. The van der Waals surface area contributed by atoms with Gasteiger partial charge in [-0.25, -0.2) is 0 Å². The van der Waals surface area contributed by atoms with Crippen LogP contribution >= 0.6 is 11.6 Å². The normalized spacial score (nSPS) is 11.2. The van der Waals surface area contributed by atoms with Gasteiger partial charge in [-0.1, -0.05) is 35.4 Å². The molecule has 0 radical (unpaired) electrons. The summed E-state index contributed by atoms with van der Waals surface area (Å²) < 4.78 is 0. The quantitative estimate of drug-likeness (QED) is 0.255. The Hall–Kier alpha value is -4.04. The van der Waals surface area contributed by atoms with Crippen LogP contribution in [0.4, 0.5) is 11.4 Å². The summed E-state index contributed by atoms with van der Waals surface area (Å²) in [5, 5.41) is 22.9. The molecule has 0 fully saturated rings. The monoisotopic (exact) mass is 447 g/mol. The van der Waals surface area contributed by atoms with Crippen LogP contribution in [-0.4, -0.2) is 25.8 Å².